The first-order chi connectivity index (χ1) is 7.66. The fraction of sp³-hybridized carbons (Fsp3) is 0.300. The molecule has 2 rings (SSSR count). The zero-order chi connectivity index (χ0) is 11.5. The zero-order valence-electron chi connectivity index (χ0n) is 8.70. The van der Waals surface area contributed by atoms with Crippen LogP contribution in [0, 0.1) is 11.6 Å². The van der Waals surface area contributed by atoms with Gasteiger partial charge >= 0.3 is 0 Å². The molecule has 0 aliphatic carbocycles. The molecule has 1 fully saturated rings. The Bertz CT molecular complexity index is 413. The highest BCUT2D eigenvalue weighted by atomic mass is 35.5. The van der Waals surface area contributed by atoms with Crippen LogP contribution in [0.5, 0.6) is 0 Å². The van der Waals surface area contributed by atoms with Gasteiger partial charge in [0.15, 0.2) is 0 Å². The third-order valence-electron chi connectivity index (χ3n) is 2.22. The van der Waals surface area contributed by atoms with Crippen molar-refractivity contribution in [1.82, 2.24) is 5.32 Å². The van der Waals surface area contributed by atoms with Gasteiger partial charge in [0, 0.05) is 17.7 Å². The first-order valence-corrected chi connectivity index (χ1v) is 5.89. The molecule has 7 heteroatoms. The summed E-state index contributed by atoms with van der Waals surface area (Å²) in [5, 5.41) is 5.38. The van der Waals surface area contributed by atoms with Crippen LogP contribution in [0.3, 0.4) is 0 Å². The summed E-state index contributed by atoms with van der Waals surface area (Å²) >= 11 is 1.60. The quantitative estimate of drug-likeness (QED) is 0.870. The second kappa shape index (κ2) is 6.18. The van der Waals surface area contributed by atoms with E-state index in [4.69, 9.17) is 0 Å². The van der Waals surface area contributed by atoms with E-state index in [0.717, 1.165) is 12.1 Å². The molecule has 1 aliphatic heterocycles. The van der Waals surface area contributed by atoms with Gasteiger partial charge in [-0.15, -0.1) is 24.2 Å². The SMILES string of the molecule is Cl.O=C(Nc1ccc(F)cc1F)C1CSCN1. The predicted octanol–water partition coefficient (Wildman–Crippen LogP) is 1.99. The van der Waals surface area contributed by atoms with Crippen LogP contribution in [-0.2, 0) is 4.79 Å². The zero-order valence-corrected chi connectivity index (χ0v) is 10.3. The number of hydrogen-bond acceptors (Lipinski definition) is 3. The van der Waals surface area contributed by atoms with Crippen molar-refractivity contribution in [3.63, 3.8) is 0 Å². The van der Waals surface area contributed by atoms with Crippen LogP contribution in [0.15, 0.2) is 18.2 Å². The van der Waals surface area contributed by atoms with Crippen LogP contribution in [0.25, 0.3) is 0 Å². The lowest BCUT2D eigenvalue weighted by Gasteiger charge is -2.10. The number of thioether (sulfide) groups is 1. The Morgan fingerprint density at radius 1 is 1.47 bits per heavy atom. The van der Waals surface area contributed by atoms with Crippen LogP contribution in [0.1, 0.15) is 0 Å². The average Bonchev–Trinajstić information content (AvgIpc) is 2.75. The van der Waals surface area contributed by atoms with E-state index in [1.807, 2.05) is 0 Å². The fourth-order valence-corrected chi connectivity index (χ4v) is 2.32. The number of anilines is 1. The summed E-state index contributed by atoms with van der Waals surface area (Å²) in [6.07, 6.45) is 0. The standard InChI is InChI=1S/C10H10F2N2OS.ClH/c11-6-1-2-8(7(12)3-6)14-10(15)9-4-16-5-13-9;/h1-3,9,13H,4-5H2,(H,14,15);1H. The van der Waals surface area contributed by atoms with Crippen LogP contribution >= 0.6 is 24.2 Å². The second-order valence-electron chi connectivity index (χ2n) is 3.39. The van der Waals surface area contributed by atoms with E-state index in [9.17, 15) is 13.6 Å². The highest BCUT2D eigenvalue weighted by Crippen LogP contribution is 2.17. The highest BCUT2D eigenvalue weighted by molar-refractivity contribution is 7.99. The van der Waals surface area contributed by atoms with E-state index in [2.05, 4.69) is 10.6 Å². The fourth-order valence-electron chi connectivity index (χ4n) is 1.37. The van der Waals surface area contributed by atoms with Crippen molar-refractivity contribution in [2.75, 3.05) is 16.9 Å². The van der Waals surface area contributed by atoms with Crippen LogP contribution in [-0.4, -0.2) is 23.6 Å². The number of halogens is 3. The van der Waals surface area contributed by atoms with Gasteiger partial charge in [-0.05, 0) is 12.1 Å². The Labute approximate surface area is 108 Å². The molecule has 1 aliphatic rings. The van der Waals surface area contributed by atoms with Gasteiger partial charge in [0.05, 0.1) is 11.7 Å². The maximum Gasteiger partial charge on any atom is 0.242 e. The molecule has 1 unspecified atom stereocenters. The molecule has 1 aromatic rings. The lowest BCUT2D eigenvalue weighted by atomic mass is 10.2. The van der Waals surface area contributed by atoms with Gasteiger partial charge < -0.3 is 5.32 Å². The van der Waals surface area contributed by atoms with Crippen LogP contribution in [0.2, 0.25) is 0 Å². The Morgan fingerprint density at radius 3 is 2.82 bits per heavy atom. The predicted molar refractivity (Wildman–Crippen MR) is 66.5 cm³/mol. The van der Waals surface area contributed by atoms with Gasteiger partial charge in [-0.2, -0.15) is 0 Å². The molecule has 1 amide bonds. The minimum atomic E-state index is -0.765. The molecule has 0 bridgehead atoms. The Kier molecular flexibility index (Phi) is 5.17. The van der Waals surface area contributed by atoms with E-state index in [-0.39, 0.29) is 30.0 Å². The molecule has 1 saturated heterocycles. The molecule has 17 heavy (non-hydrogen) atoms. The first-order valence-electron chi connectivity index (χ1n) is 4.74. The van der Waals surface area contributed by atoms with Crippen molar-refractivity contribution in [3.05, 3.63) is 29.8 Å². The summed E-state index contributed by atoms with van der Waals surface area (Å²) in [5.74, 6) is -0.349. The van der Waals surface area contributed by atoms with E-state index in [1.165, 1.54) is 6.07 Å². The lowest BCUT2D eigenvalue weighted by molar-refractivity contribution is -0.117. The van der Waals surface area contributed by atoms with Crippen LogP contribution < -0.4 is 10.6 Å². The van der Waals surface area contributed by atoms with E-state index >= 15 is 0 Å². The molecule has 0 radical (unpaired) electrons. The number of rotatable bonds is 2. The normalized spacial score (nSPS) is 18.6. The summed E-state index contributed by atoms with van der Waals surface area (Å²) in [6.45, 7) is 0. The Morgan fingerprint density at radius 2 is 2.24 bits per heavy atom. The Hall–Kier alpha value is -0.850. The molecule has 1 atom stereocenters. The third kappa shape index (κ3) is 3.55. The average molecular weight is 281 g/mol. The van der Waals surface area contributed by atoms with Gasteiger partial charge in [-0.25, -0.2) is 8.78 Å². The minimum Gasteiger partial charge on any atom is -0.322 e. The van der Waals surface area contributed by atoms with Crippen molar-refractivity contribution < 1.29 is 13.6 Å². The van der Waals surface area contributed by atoms with Gasteiger partial charge in [-0.1, -0.05) is 0 Å². The van der Waals surface area contributed by atoms with Crippen molar-refractivity contribution >= 4 is 35.8 Å². The largest absolute Gasteiger partial charge is 0.322 e. The van der Waals surface area contributed by atoms with Crippen LogP contribution in [0.4, 0.5) is 14.5 Å². The van der Waals surface area contributed by atoms with E-state index in [0.29, 0.717) is 11.6 Å². The molecule has 0 aromatic heterocycles. The maximum absolute atomic E-state index is 13.2. The number of hydrogen-bond donors (Lipinski definition) is 2. The Balaban J connectivity index is 0.00000144. The molecule has 0 spiro atoms. The summed E-state index contributed by atoms with van der Waals surface area (Å²) in [7, 11) is 0. The van der Waals surface area contributed by atoms with Gasteiger partial charge in [0.25, 0.3) is 0 Å². The highest BCUT2D eigenvalue weighted by Gasteiger charge is 2.23. The van der Waals surface area contributed by atoms with E-state index in [1.54, 1.807) is 11.8 Å². The molecule has 1 heterocycles. The summed E-state index contributed by atoms with van der Waals surface area (Å²) in [6, 6.07) is 2.75. The number of carbonyl (C=O) groups is 1. The molecule has 94 valence electrons. The van der Waals surface area contributed by atoms with Gasteiger partial charge in [0.1, 0.15) is 11.6 Å². The number of nitrogens with one attached hydrogen (secondary N) is 2. The lowest BCUT2D eigenvalue weighted by Crippen LogP contribution is -2.37. The minimum absolute atomic E-state index is 0. The van der Waals surface area contributed by atoms with Crippen molar-refractivity contribution in [1.29, 1.82) is 0 Å². The summed E-state index contributed by atoms with van der Waals surface area (Å²) < 4.78 is 25.8. The third-order valence-corrected chi connectivity index (χ3v) is 3.16. The smallest absolute Gasteiger partial charge is 0.242 e. The number of benzene rings is 1. The monoisotopic (exact) mass is 280 g/mol. The number of carbonyl (C=O) groups excluding carboxylic acids is 1. The van der Waals surface area contributed by atoms with Gasteiger partial charge in [-0.3, -0.25) is 10.1 Å². The molecular formula is C10H11ClF2N2OS. The molecule has 2 N–H and O–H groups in total. The van der Waals surface area contributed by atoms with E-state index < -0.39 is 11.6 Å². The maximum atomic E-state index is 13.2. The van der Waals surface area contributed by atoms with Gasteiger partial charge in [0.2, 0.25) is 5.91 Å². The second-order valence-corrected chi connectivity index (χ2v) is 4.42. The van der Waals surface area contributed by atoms with Crippen molar-refractivity contribution in [3.8, 4) is 0 Å². The number of amides is 1. The molecular weight excluding hydrogens is 270 g/mol. The molecule has 1 aromatic carbocycles. The van der Waals surface area contributed by atoms with Crippen molar-refractivity contribution in [2.45, 2.75) is 6.04 Å². The topological polar surface area (TPSA) is 41.1 Å². The summed E-state index contributed by atoms with van der Waals surface area (Å²) in [5.41, 5.74) is 0.00472. The first kappa shape index (κ1) is 14.2. The van der Waals surface area contributed by atoms with Crippen molar-refractivity contribution in [2.24, 2.45) is 0 Å². The summed E-state index contributed by atoms with van der Waals surface area (Å²) in [4.78, 5) is 11.6. The molecule has 3 nitrogen and oxygen atoms in total. The molecule has 0 saturated carbocycles.